The van der Waals surface area contributed by atoms with E-state index in [1.165, 1.54) is 32.6 Å². The minimum Gasteiger partial charge on any atom is -0.310 e. The van der Waals surface area contributed by atoms with E-state index >= 15 is 0 Å². The van der Waals surface area contributed by atoms with Crippen molar-refractivity contribution in [3.8, 4) is 44.5 Å². The van der Waals surface area contributed by atoms with Gasteiger partial charge < -0.3 is 9.80 Å². The third kappa shape index (κ3) is 9.53. The summed E-state index contributed by atoms with van der Waals surface area (Å²) in [6.07, 6.45) is 0. The molecular weight excluding hydrogens is 953 g/mol. The number of rotatable bonds is 12. The predicted molar refractivity (Wildman–Crippen MR) is 331 cm³/mol. The summed E-state index contributed by atoms with van der Waals surface area (Å²) in [5, 5.41) is 6.82. The zero-order valence-corrected chi connectivity index (χ0v) is 45.9. The molecule has 0 heterocycles. The fraction of sp³-hybridized carbons (Fsp3) is 0.0857. The Morgan fingerprint density at radius 2 is 0.513 bits per heavy atom. The molecule has 6 heteroatoms. The molecule has 0 fully saturated rings. The van der Waals surface area contributed by atoms with E-state index in [9.17, 15) is 0 Å². The molecule has 0 atom stereocenters. The average molecular weight is 1010 g/mol. The number of nitrogens with zero attached hydrogens (tertiary/aromatic N) is 4. The second-order valence-corrected chi connectivity index (χ2v) is 31.6. The van der Waals surface area contributed by atoms with Crippen LogP contribution >= 0.6 is 0 Å². The van der Waals surface area contributed by atoms with Crippen LogP contribution < -0.4 is 20.2 Å². The average Bonchev–Trinajstić information content (AvgIpc) is 3.59. The van der Waals surface area contributed by atoms with Gasteiger partial charge in [-0.05, 0) is 126 Å². The Morgan fingerprint density at radius 3 is 0.724 bits per heavy atom. The van der Waals surface area contributed by atoms with Crippen molar-refractivity contribution in [1.82, 2.24) is 0 Å². The standard InChI is InChI=1S/C70H58N4Si2/c1-71-65-47-57-45-63-64(46-58(57)48-66(65)72-2)68(74(61-41-33-55(34-42-61)51-25-17-11-18-26-51)62-43-35-56(36-44-62)52-27-19-12-20-28-52)70(76(6,7)8)69(75(3,4)5)67(63)73(59-37-29-53(30-38-59)49-21-13-9-14-22-49)60-39-31-54(32-40-60)50-23-15-10-16-24-50/h9-48H,3-8H3. The molecule has 0 saturated heterocycles. The summed E-state index contributed by atoms with van der Waals surface area (Å²) in [4.78, 5) is 12.9. The molecule has 0 N–H and O–H groups in total. The Labute approximate surface area is 450 Å². The van der Waals surface area contributed by atoms with E-state index in [4.69, 9.17) is 13.1 Å². The van der Waals surface area contributed by atoms with E-state index in [2.05, 4.69) is 289 Å². The van der Waals surface area contributed by atoms with Crippen LogP contribution in [-0.2, 0) is 0 Å². The minimum absolute atomic E-state index is 0.358. The first kappa shape index (κ1) is 49.2. The number of anilines is 6. The van der Waals surface area contributed by atoms with E-state index in [0.717, 1.165) is 77.9 Å². The highest BCUT2D eigenvalue weighted by Crippen LogP contribution is 2.48. The van der Waals surface area contributed by atoms with Gasteiger partial charge in [-0.3, -0.25) is 9.69 Å². The lowest BCUT2D eigenvalue weighted by atomic mass is 9.96. The minimum atomic E-state index is -2.41. The normalized spacial score (nSPS) is 11.5. The van der Waals surface area contributed by atoms with Crippen LogP contribution in [-0.4, -0.2) is 16.1 Å². The maximum Gasteiger partial charge on any atom is 0.195 e. The van der Waals surface area contributed by atoms with Gasteiger partial charge in [-0.25, -0.2) is 0 Å². The molecule has 366 valence electrons. The van der Waals surface area contributed by atoms with Crippen LogP contribution in [0.1, 0.15) is 0 Å². The number of fused-ring (bicyclic) bond motifs is 2. The van der Waals surface area contributed by atoms with Crippen molar-refractivity contribution in [2.24, 2.45) is 0 Å². The quantitative estimate of drug-likeness (QED) is 0.0688. The topological polar surface area (TPSA) is 15.2 Å². The van der Waals surface area contributed by atoms with Crippen LogP contribution in [0.25, 0.3) is 75.7 Å². The van der Waals surface area contributed by atoms with E-state index in [-0.39, 0.29) is 0 Å². The van der Waals surface area contributed by atoms with Crippen molar-refractivity contribution in [2.45, 2.75) is 39.3 Å². The largest absolute Gasteiger partial charge is 0.310 e. The van der Waals surface area contributed by atoms with Crippen molar-refractivity contribution in [2.75, 3.05) is 9.80 Å². The molecule has 0 saturated carbocycles. The summed E-state index contributed by atoms with van der Waals surface area (Å²) < 4.78 is 0. The summed E-state index contributed by atoms with van der Waals surface area (Å²) >= 11 is 0. The lowest BCUT2D eigenvalue weighted by Crippen LogP contribution is -2.59. The first-order valence-corrected chi connectivity index (χ1v) is 33.0. The third-order valence-corrected chi connectivity index (χ3v) is 18.6. The zero-order chi connectivity index (χ0) is 52.6. The summed E-state index contributed by atoms with van der Waals surface area (Å²) in [7, 11) is -4.82. The molecule has 76 heavy (non-hydrogen) atoms. The van der Waals surface area contributed by atoms with Crippen molar-refractivity contribution >= 4 is 93.6 Å². The van der Waals surface area contributed by atoms with Gasteiger partial charge in [-0.15, -0.1) is 0 Å². The van der Waals surface area contributed by atoms with Crippen molar-refractivity contribution in [1.29, 1.82) is 0 Å². The van der Waals surface area contributed by atoms with Gasteiger partial charge in [-0.2, -0.15) is 0 Å². The van der Waals surface area contributed by atoms with Gasteiger partial charge in [0, 0.05) is 33.5 Å². The lowest BCUT2D eigenvalue weighted by molar-refractivity contribution is 1.29. The molecule has 0 spiro atoms. The summed E-state index contributed by atoms with van der Waals surface area (Å²) in [6.45, 7) is 31.5. The Bertz CT molecular complexity index is 3540. The first-order valence-electron chi connectivity index (χ1n) is 26.0. The fourth-order valence-electron chi connectivity index (χ4n) is 10.9. The lowest BCUT2D eigenvalue weighted by Gasteiger charge is -2.41. The summed E-state index contributed by atoms with van der Waals surface area (Å²) in [6, 6.07) is 87.2. The fourth-order valence-corrected chi connectivity index (χ4v) is 16.8. The zero-order valence-electron chi connectivity index (χ0n) is 43.9. The van der Waals surface area contributed by atoms with E-state index in [1.807, 2.05) is 12.1 Å². The van der Waals surface area contributed by atoms with E-state index < -0.39 is 16.1 Å². The maximum absolute atomic E-state index is 8.23. The predicted octanol–water partition coefficient (Wildman–Crippen LogP) is 19.8. The van der Waals surface area contributed by atoms with Crippen LogP contribution in [0.5, 0.6) is 0 Å². The smallest absolute Gasteiger partial charge is 0.195 e. The van der Waals surface area contributed by atoms with Gasteiger partial charge in [0.05, 0.1) is 40.7 Å². The third-order valence-electron chi connectivity index (χ3n) is 14.4. The Balaban J connectivity index is 1.28. The van der Waals surface area contributed by atoms with Crippen LogP contribution in [0.2, 0.25) is 39.3 Å². The Kier molecular flexibility index (Phi) is 13.2. The highest BCUT2D eigenvalue weighted by molar-refractivity contribution is 7.00. The molecule has 0 aliphatic heterocycles. The summed E-state index contributed by atoms with van der Waals surface area (Å²) in [5.74, 6) is 0. The Morgan fingerprint density at radius 1 is 0.289 bits per heavy atom. The second kappa shape index (κ2) is 20.3. The molecular formula is C70H58N4Si2. The van der Waals surface area contributed by atoms with Crippen molar-refractivity contribution in [3.63, 3.8) is 0 Å². The second-order valence-electron chi connectivity index (χ2n) is 21.6. The van der Waals surface area contributed by atoms with Gasteiger partial charge in [-0.1, -0.05) is 221 Å². The molecule has 0 aromatic heterocycles. The SMILES string of the molecule is [C-]#[N+]c1cc2cc3c(N(c4ccc(-c5ccccc5)cc4)c4ccc(-c5ccccc5)cc4)c([Si](C)(C)C)c([Si](C)(C)C)c(N(c4ccc(-c5ccccc5)cc4)c4ccc(-c5ccccc5)cc4)c3cc2cc1[N+]#[C-]. The number of hydrogen-bond donors (Lipinski definition) is 0. The maximum atomic E-state index is 8.23. The molecule has 11 aromatic carbocycles. The van der Waals surface area contributed by atoms with E-state index in [1.54, 1.807) is 0 Å². The molecule has 0 aliphatic carbocycles. The molecule has 0 unspecified atom stereocenters. The molecule has 11 rings (SSSR count). The van der Waals surface area contributed by atoms with Gasteiger partial charge in [0.1, 0.15) is 0 Å². The van der Waals surface area contributed by atoms with Crippen LogP contribution in [0.3, 0.4) is 0 Å². The molecule has 0 aliphatic rings. The van der Waals surface area contributed by atoms with Gasteiger partial charge in [0.2, 0.25) is 0 Å². The van der Waals surface area contributed by atoms with Gasteiger partial charge in [0.25, 0.3) is 0 Å². The van der Waals surface area contributed by atoms with Crippen molar-refractivity contribution in [3.05, 3.63) is 265 Å². The highest BCUT2D eigenvalue weighted by atomic mass is 28.3. The van der Waals surface area contributed by atoms with Gasteiger partial charge >= 0.3 is 0 Å². The Hall–Kier alpha value is -9.05. The molecule has 11 aromatic rings. The summed E-state index contributed by atoms with van der Waals surface area (Å²) in [5.41, 5.74) is 16.5. The van der Waals surface area contributed by atoms with Crippen LogP contribution in [0.4, 0.5) is 45.5 Å². The van der Waals surface area contributed by atoms with Crippen molar-refractivity contribution < 1.29 is 0 Å². The first-order chi connectivity index (χ1) is 36.9. The molecule has 0 amide bonds. The van der Waals surface area contributed by atoms with Crippen LogP contribution in [0.15, 0.2) is 243 Å². The van der Waals surface area contributed by atoms with Crippen LogP contribution in [0, 0.1) is 13.1 Å². The molecule has 0 radical (unpaired) electrons. The van der Waals surface area contributed by atoms with E-state index in [0.29, 0.717) is 11.4 Å². The monoisotopic (exact) mass is 1010 g/mol. The molecule has 4 nitrogen and oxygen atoms in total. The highest BCUT2D eigenvalue weighted by Gasteiger charge is 2.39. The number of hydrogen-bond acceptors (Lipinski definition) is 2. The van der Waals surface area contributed by atoms with Gasteiger partial charge in [0.15, 0.2) is 11.4 Å². The molecule has 0 bridgehead atoms. The number of benzene rings is 11.